The number of hydrogen-bond donors (Lipinski definition) is 0. The molecule has 12 aromatic rings. The lowest BCUT2D eigenvalue weighted by atomic mass is 9.97. The van der Waals surface area contributed by atoms with E-state index in [-0.39, 0.29) is 0 Å². The smallest absolute Gasteiger partial charge is 0.213 e. The maximum absolute atomic E-state index is 6.64. The van der Waals surface area contributed by atoms with Gasteiger partial charge in [0.25, 0.3) is 0 Å². The Bertz CT molecular complexity index is 3490. The lowest BCUT2D eigenvalue weighted by Gasteiger charge is -2.26. The summed E-state index contributed by atoms with van der Waals surface area (Å²) in [5.74, 6) is 0. The van der Waals surface area contributed by atoms with Gasteiger partial charge >= 0.3 is 0 Å². The number of hydrogen-bond acceptors (Lipinski definition) is 3. The normalized spacial score (nSPS) is 11.8. The molecule has 0 bridgehead atoms. The highest BCUT2D eigenvalue weighted by Gasteiger charge is 2.23. The molecule has 0 N–H and O–H groups in total. The fourth-order valence-electron chi connectivity index (χ4n) is 9.00. The molecule has 58 heavy (non-hydrogen) atoms. The number of anilines is 3. The molecule has 0 atom stereocenters. The van der Waals surface area contributed by atoms with Gasteiger partial charge in [0.2, 0.25) is 5.71 Å². The average molecular weight is 743 g/mol. The molecule has 0 aliphatic heterocycles. The molecule has 12 rings (SSSR count). The lowest BCUT2D eigenvalue weighted by Crippen LogP contribution is -2.10. The van der Waals surface area contributed by atoms with E-state index < -0.39 is 0 Å². The van der Waals surface area contributed by atoms with Crippen LogP contribution in [0.3, 0.4) is 0 Å². The van der Waals surface area contributed by atoms with Gasteiger partial charge in [-0.25, -0.2) is 0 Å². The number of fused-ring (bicyclic) bond motifs is 9. The molecule has 0 radical (unpaired) electrons. The molecule has 3 heterocycles. The van der Waals surface area contributed by atoms with Crippen molar-refractivity contribution >= 4 is 82.7 Å². The number of rotatable bonds is 6. The Labute approximate surface area is 334 Å². The Hall–Kier alpha value is -7.82. The fourth-order valence-corrected chi connectivity index (χ4v) is 9.00. The highest BCUT2D eigenvalue weighted by atomic mass is 16.3. The molecule has 272 valence electrons. The van der Waals surface area contributed by atoms with E-state index in [1.54, 1.807) is 0 Å². The van der Waals surface area contributed by atoms with Crippen molar-refractivity contribution in [1.29, 1.82) is 0 Å². The van der Waals surface area contributed by atoms with Crippen LogP contribution in [0.4, 0.5) is 17.1 Å². The summed E-state index contributed by atoms with van der Waals surface area (Å²) in [5, 5.41) is 8.08. The molecule has 0 saturated heterocycles. The highest BCUT2D eigenvalue weighted by molar-refractivity contribution is 6.24. The Balaban J connectivity index is 1.03. The number of furan rings is 2. The molecular weight excluding hydrogens is 709 g/mol. The van der Waals surface area contributed by atoms with Crippen molar-refractivity contribution in [2.75, 3.05) is 4.90 Å². The quantitative estimate of drug-likeness (QED) is 0.170. The Morgan fingerprint density at radius 2 is 0.948 bits per heavy atom. The lowest BCUT2D eigenvalue weighted by molar-refractivity contribution is 0.645. The van der Waals surface area contributed by atoms with Gasteiger partial charge in [0.1, 0.15) is 11.2 Å². The van der Waals surface area contributed by atoms with Crippen molar-refractivity contribution in [3.8, 4) is 27.9 Å². The van der Waals surface area contributed by atoms with Crippen LogP contribution in [0.5, 0.6) is 0 Å². The molecule has 0 amide bonds. The van der Waals surface area contributed by atoms with E-state index in [1.807, 2.05) is 18.2 Å². The molecule has 9 aromatic carbocycles. The second-order valence-corrected chi connectivity index (χ2v) is 14.9. The van der Waals surface area contributed by atoms with Gasteiger partial charge < -0.3 is 13.7 Å². The highest BCUT2D eigenvalue weighted by Crippen LogP contribution is 2.46. The third-order valence-electron chi connectivity index (χ3n) is 11.6. The Morgan fingerprint density at radius 1 is 0.379 bits per heavy atom. The predicted molar refractivity (Wildman–Crippen MR) is 241 cm³/mol. The molecule has 3 aromatic heterocycles. The van der Waals surface area contributed by atoms with Crippen molar-refractivity contribution in [1.82, 2.24) is 4.57 Å². The van der Waals surface area contributed by atoms with Gasteiger partial charge in [-0.15, -0.1) is 0 Å². The van der Waals surface area contributed by atoms with Gasteiger partial charge in [0.05, 0.1) is 16.6 Å². The first-order valence-corrected chi connectivity index (χ1v) is 19.7. The van der Waals surface area contributed by atoms with E-state index in [9.17, 15) is 0 Å². The van der Waals surface area contributed by atoms with E-state index in [4.69, 9.17) is 8.83 Å². The first kappa shape index (κ1) is 32.4. The number of para-hydroxylation sites is 4. The zero-order valence-electron chi connectivity index (χ0n) is 31.3. The summed E-state index contributed by atoms with van der Waals surface area (Å²) in [4.78, 5) is 2.32. The minimum atomic E-state index is 0.850. The van der Waals surface area contributed by atoms with Gasteiger partial charge in [0, 0.05) is 38.6 Å². The summed E-state index contributed by atoms with van der Waals surface area (Å²) in [6.07, 6.45) is 0. The van der Waals surface area contributed by atoms with E-state index in [0.29, 0.717) is 0 Å². The molecule has 0 saturated carbocycles. The van der Waals surface area contributed by atoms with Crippen LogP contribution in [0, 0.1) is 0 Å². The van der Waals surface area contributed by atoms with E-state index >= 15 is 0 Å². The second kappa shape index (κ2) is 12.9. The molecule has 0 spiro atoms. The van der Waals surface area contributed by atoms with Crippen molar-refractivity contribution in [2.24, 2.45) is 0 Å². The molecule has 4 heteroatoms. The van der Waals surface area contributed by atoms with E-state index in [2.05, 4.69) is 198 Å². The standard InChI is InChI=1S/C54H34N2O2/c1-2-15-38(16-3-1)56-47-23-11-21-43(51(47)52-46-19-7-9-26-50(46)58-54(52)56)37-29-33-40(34-30-37)55(48-24-12-22-45-44-18-6-8-25-49(44)57-53(45)48)39-31-27-36(28-32-39)42-20-10-14-35-13-4-5-17-41(35)42/h1-34H. The van der Waals surface area contributed by atoms with E-state index in [1.165, 1.54) is 27.3 Å². The monoisotopic (exact) mass is 742 g/mol. The van der Waals surface area contributed by atoms with Crippen LogP contribution in [0.25, 0.3) is 93.6 Å². The number of aromatic nitrogens is 1. The summed E-state index contributed by atoms with van der Waals surface area (Å²) in [7, 11) is 0. The topological polar surface area (TPSA) is 34.5 Å². The summed E-state index contributed by atoms with van der Waals surface area (Å²) in [6, 6.07) is 73.1. The first-order valence-electron chi connectivity index (χ1n) is 19.7. The maximum atomic E-state index is 6.64. The van der Waals surface area contributed by atoms with Crippen LogP contribution in [0.1, 0.15) is 0 Å². The third-order valence-corrected chi connectivity index (χ3v) is 11.6. The molecular formula is C54H34N2O2. The largest absolute Gasteiger partial charge is 0.454 e. The molecule has 0 aliphatic rings. The number of benzene rings is 9. The van der Waals surface area contributed by atoms with Crippen LogP contribution in [0.2, 0.25) is 0 Å². The van der Waals surface area contributed by atoms with Gasteiger partial charge in [-0.05, 0) is 93.7 Å². The first-order chi connectivity index (χ1) is 28.8. The Kier molecular flexibility index (Phi) is 7.20. The Morgan fingerprint density at radius 3 is 1.72 bits per heavy atom. The third kappa shape index (κ3) is 4.95. The molecule has 4 nitrogen and oxygen atoms in total. The summed E-state index contributed by atoms with van der Waals surface area (Å²) >= 11 is 0. The maximum Gasteiger partial charge on any atom is 0.213 e. The van der Waals surface area contributed by atoms with Crippen LogP contribution in [-0.4, -0.2) is 4.57 Å². The molecule has 0 fully saturated rings. The number of nitrogens with zero attached hydrogens (tertiary/aromatic N) is 2. The minimum absolute atomic E-state index is 0.850. The van der Waals surface area contributed by atoms with Crippen LogP contribution in [-0.2, 0) is 0 Å². The van der Waals surface area contributed by atoms with Gasteiger partial charge in [0.15, 0.2) is 5.58 Å². The van der Waals surface area contributed by atoms with Gasteiger partial charge in [-0.2, -0.15) is 0 Å². The molecule has 0 aliphatic carbocycles. The second-order valence-electron chi connectivity index (χ2n) is 14.9. The average Bonchev–Trinajstić information content (AvgIpc) is 3.96. The van der Waals surface area contributed by atoms with Crippen LogP contribution < -0.4 is 4.90 Å². The van der Waals surface area contributed by atoms with Gasteiger partial charge in [-0.3, -0.25) is 4.57 Å². The minimum Gasteiger partial charge on any atom is -0.454 e. The summed E-state index contributed by atoms with van der Waals surface area (Å²) in [5.41, 5.74) is 13.4. The van der Waals surface area contributed by atoms with Crippen LogP contribution in [0.15, 0.2) is 215 Å². The zero-order chi connectivity index (χ0) is 38.2. The van der Waals surface area contributed by atoms with Crippen molar-refractivity contribution in [3.63, 3.8) is 0 Å². The molecule has 0 unspecified atom stereocenters. The van der Waals surface area contributed by atoms with Gasteiger partial charge in [-0.1, -0.05) is 146 Å². The van der Waals surface area contributed by atoms with Crippen molar-refractivity contribution < 1.29 is 8.83 Å². The predicted octanol–water partition coefficient (Wildman–Crippen LogP) is 15.4. The zero-order valence-corrected chi connectivity index (χ0v) is 31.3. The van der Waals surface area contributed by atoms with Crippen molar-refractivity contribution in [2.45, 2.75) is 0 Å². The summed E-state index contributed by atoms with van der Waals surface area (Å²) < 4.78 is 15.5. The van der Waals surface area contributed by atoms with Crippen molar-refractivity contribution in [3.05, 3.63) is 206 Å². The SMILES string of the molecule is c1ccc(-n2c3cccc(-c4ccc(N(c5ccc(-c6cccc7ccccc67)cc5)c5cccc6c5oc5ccccc56)cc4)c3c3c4ccccc4oc32)cc1. The van der Waals surface area contributed by atoms with Crippen LogP contribution >= 0.6 is 0 Å². The van der Waals surface area contributed by atoms with E-state index in [0.717, 1.165) is 83.4 Å². The fraction of sp³-hybridized carbons (Fsp3) is 0. The summed E-state index contributed by atoms with van der Waals surface area (Å²) in [6.45, 7) is 0.